The fourth-order valence-corrected chi connectivity index (χ4v) is 2.41. The van der Waals surface area contributed by atoms with E-state index < -0.39 is 12.0 Å². The van der Waals surface area contributed by atoms with Gasteiger partial charge in [0.1, 0.15) is 6.04 Å². The number of carbonyl (C=O) groups is 1. The molecule has 3 nitrogen and oxygen atoms in total. The normalized spacial score (nSPS) is 14.4. The average Bonchev–Trinajstić information content (AvgIpc) is 2.37. The summed E-state index contributed by atoms with van der Waals surface area (Å²) < 4.78 is 0. The van der Waals surface area contributed by atoms with Crippen LogP contribution in [0.4, 0.5) is 0 Å². The number of aliphatic carboxylic acids is 1. The molecule has 0 aliphatic carbocycles. The van der Waals surface area contributed by atoms with Crippen LogP contribution >= 0.6 is 11.8 Å². The van der Waals surface area contributed by atoms with Gasteiger partial charge in [-0.15, -0.1) is 11.8 Å². The number of thioether (sulfide) groups is 1. The molecular weight excluding hydrogens is 258 g/mol. The number of carboxylic acid groups (broad SMARTS) is 1. The number of hydrogen-bond donors (Lipinski definition) is 2. The molecule has 0 aliphatic rings. The first-order valence-electron chi connectivity index (χ1n) is 6.56. The predicted octanol–water partition coefficient (Wildman–Crippen LogP) is 3.56. The molecule has 0 saturated heterocycles. The molecule has 0 heterocycles. The Balaban J connectivity index is 2.69. The van der Waals surface area contributed by atoms with Crippen LogP contribution in [0, 0.1) is 5.92 Å². The summed E-state index contributed by atoms with van der Waals surface area (Å²) in [4.78, 5) is 12.5. The lowest BCUT2D eigenvalue weighted by Crippen LogP contribution is -2.39. The SMILES string of the molecule is CSc1ccc([C@H](C)N[C@@H](CC(C)C)C(=O)O)cc1. The molecule has 0 unspecified atom stereocenters. The number of rotatable bonds is 7. The van der Waals surface area contributed by atoms with Gasteiger partial charge in [0.15, 0.2) is 0 Å². The lowest BCUT2D eigenvalue weighted by Gasteiger charge is -2.22. The molecule has 4 heteroatoms. The average molecular weight is 281 g/mol. The molecule has 0 spiro atoms. The molecular formula is C15H23NO2S. The lowest BCUT2D eigenvalue weighted by molar-refractivity contribution is -0.140. The van der Waals surface area contributed by atoms with Crippen LogP contribution in [-0.4, -0.2) is 23.4 Å². The van der Waals surface area contributed by atoms with E-state index in [9.17, 15) is 9.90 Å². The van der Waals surface area contributed by atoms with E-state index in [0.717, 1.165) is 5.56 Å². The minimum Gasteiger partial charge on any atom is -0.480 e. The summed E-state index contributed by atoms with van der Waals surface area (Å²) in [7, 11) is 0. The van der Waals surface area contributed by atoms with Gasteiger partial charge >= 0.3 is 5.97 Å². The van der Waals surface area contributed by atoms with Crippen molar-refractivity contribution in [3.05, 3.63) is 29.8 Å². The molecule has 0 bridgehead atoms. The van der Waals surface area contributed by atoms with Gasteiger partial charge < -0.3 is 5.11 Å². The van der Waals surface area contributed by atoms with E-state index in [1.165, 1.54) is 4.90 Å². The number of hydrogen-bond acceptors (Lipinski definition) is 3. The Morgan fingerprint density at radius 1 is 1.26 bits per heavy atom. The van der Waals surface area contributed by atoms with Crippen molar-refractivity contribution in [3.8, 4) is 0 Å². The molecule has 106 valence electrons. The largest absolute Gasteiger partial charge is 0.480 e. The Bertz CT molecular complexity index is 403. The first-order valence-corrected chi connectivity index (χ1v) is 7.79. The summed E-state index contributed by atoms with van der Waals surface area (Å²) >= 11 is 1.70. The van der Waals surface area contributed by atoms with Gasteiger partial charge in [-0.3, -0.25) is 10.1 Å². The highest BCUT2D eigenvalue weighted by molar-refractivity contribution is 7.98. The third-order valence-electron chi connectivity index (χ3n) is 3.07. The molecule has 0 radical (unpaired) electrons. The van der Waals surface area contributed by atoms with E-state index in [2.05, 4.69) is 29.6 Å². The summed E-state index contributed by atoms with van der Waals surface area (Å²) in [6, 6.07) is 7.79. The summed E-state index contributed by atoms with van der Waals surface area (Å²) in [5.74, 6) is -0.416. The first kappa shape index (κ1) is 16.1. The minimum absolute atomic E-state index is 0.0377. The third-order valence-corrected chi connectivity index (χ3v) is 3.82. The molecule has 0 aliphatic heterocycles. The second kappa shape index (κ2) is 7.56. The van der Waals surface area contributed by atoms with Crippen molar-refractivity contribution in [1.29, 1.82) is 0 Å². The summed E-state index contributed by atoms with van der Waals surface area (Å²) in [6.07, 6.45) is 2.68. The zero-order valence-corrected chi connectivity index (χ0v) is 12.8. The zero-order chi connectivity index (χ0) is 14.4. The maximum absolute atomic E-state index is 11.2. The van der Waals surface area contributed by atoms with E-state index in [4.69, 9.17) is 0 Å². The van der Waals surface area contributed by atoms with Crippen molar-refractivity contribution in [1.82, 2.24) is 5.32 Å². The number of carboxylic acids is 1. The van der Waals surface area contributed by atoms with Gasteiger partial charge in [0.05, 0.1) is 0 Å². The van der Waals surface area contributed by atoms with Crippen molar-refractivity contribution in [2.75, 3.05) is 6.26 Å². The molecule has 0 aromatic heterocycles. The number of nitrogens with one attached hydrogen (secondary N) is 1. The molecule has 1 aromatic rings. The summed E-state index contributed by atoms with van der Waals surface area (Å²) in [5.41, 5.74) is 1.12. The van der Waals surface area contributed by atoms with Crippen LogP contribution in [0.25, 0.3) is 0 Å². The van der Waals surface area contributed by atoms with Crippen molar-refractivity contribution in [3.63, 3.8) is 0 Å². The molecule has 1 rings (SSSR count). The van der Waals surface area contributed by atoms with E-state index in [1.807, 2.05) is 27.0 Å². The lowest BCUT2D eigenvalue weighted by atomic mass is 10.0. The molecule has 0 fully saturated rings. The molecule has 19 heavy (non-hydrogen) atoms. The monoisotopic (exact) mass is 281 g/mol. The van der Waals surface area contributed by atoms with Gasteiger partial charge in [0, 0.05) is 10.9 Å². The van der Waals surface area contributed by atoms with Crippen molar-refractivity contribution in [2.24, 2.45) is 5.92 Å². The van der Waals surface area contributed by atoms with E-state index in [-0.39, 0.29) is 6.04 Å². The number of benzene rings is 1. The Kier molecular flexibility index (Phi) is 6.38. The van der Waals surface area contributed by atoms with E-state index in [0.29, 0.717) is 12.3 Å². The van der Waals surface area contributed by atoms with Crippen LogP contribution in [0.2, 0.25) is 0 Å². The smallest absolute Gasteiger partial charge is 0.320 e. The van der Waals surface area contributed by atoms with Gasteiger partial charge in [0.25, 0.3) is 0 Å². The van der Waals surface area contributed by atoms with E-state index >= 15 is 0 Å². The highest BCUT2D eigenvalue weighted by Crippen LogP contribution is 2.20. The Morgan fingerprint density at radius 3 is 2.26 bits per heavy atom. The second-order valence-corrected chi connectivity index (χ2v) is 6.06. The minimum atomic E-state index is -0.777. The summed E-state index contributed by atoms with van der Waals surface area (Å²) in [6.45, 7) is 6.08. The molecule has 2 atom stereocenters. The first-order chi connectivity index (χ1) is 8.93. The van der Waals surface area contributed by atoms with Gasteiger partial charge in [-0.2, -0.15) is 0 Å². The standard InChI is InChI=1S/C15H23NO2S/c1-10(2)9-14(15(17)18)16-11(3)12-5-7-13(19-4)8-6-12/h5-8,10-11,14,16H,9H2,1-4H3,(H,17,18)/t11-,14-/m0/s1. The predicted molar refractivity (Wildman–Crippen MR) is 80.7 cm³/mol. The Hall–Kier alpha value is -1.00. The highest BCUT2D eigenvalue weighted by atomic mass is 32.2. The topological polar surface area (TPSA) is 49.3 Å². The fraction of sp³-hybridized carbons (Fsp3) is 0.533. The molecule has 1 aromatic carbocycles. The Labute approximate surface area is 119 Å². The van der Waals surface area contributed by atoms with Gasteiger partial charge in [-0.25, -0.2) is 0 Å². The summed E-state index contributed by atoms with van der Waals surface area (Å²) in [5, 5.41) is 12.4. The van der Waals surface area contributed by atoms with Crippen LogP contribution in [0.5, 0.6) is 0 Å². The zero-order valence-electron chi connectivity index (χ0n) is 12.0. The third kappa shape index (κ3) is 5.25. The van der Waals surface area contributed by atoms with Crippen LogP contribution in [0.15, 0.2) is 29.2 Å². The van der Waals surface area contributed by atoms with Gasteiger partial charge in [0.2, 0.25) is 0 Å². The van der Waals surface area contributed by atoms with Crippen molar-refractivity contribution >= 4 is 17.7 Å². The molecule has 0 saturated carbocycles. The van der Waals surface area contributed by atoms with Crippen molar-refractivity contribution in [2.45, 2.75) is 44.2 Å². The molecule has 2 N–H and O–H groups in total. The maximum atomic E-state index is 11.2. The molecule has 0 amide bonds. The quantitative estimate of drug-likeness (QED) is 0.750. The second-order valence-electron chi connectivity index (χ2n) is 5.18. The van der Waals surface area contributed by atoms with Gasteiger partial charge in [-0.05, 0) is 43.2 Å². The van der Waals surface area contributed by atoms with Crippen LogP contribution in [0.3, 0.4) is 0 Å². The maximum Gasteiger partial charge on any atom is 0.320 e. The fourth-order valence-electron chi connectivity index (χ4n) is 2.00. The van der Waals surface area contributed by atoms with E-state index in [1.54, 1.807) is 11.8 Å². The van der Waals surface area contributed by atoms with Crippen LogP contribution in [-0.2, 0) is 4.79 Å². The Morgan fingerprint density at radius 2 is 1.84 bits per heavy atom. The van der Waals surface area contributed by atoms with Gasteiger partial charge in [-0.1, -0.05) is 26.0 Å². The van der Waals surface area contributed by atoms with Crippen LogP contribution < -0.4 is 5.32 Å². The van der Waals surface area contributed by atoms with Crippen molar-refractivity contribution < 1.29 is 9.90 Å². The van der Waals surface area contributed by atoms with Crippen LogP contribution in [0.1, 0.15) is 38.8 Å². The highest BCUT2D eigenvalue weighted by Gasteiger charge is 2.21.